The first-order valence-electron chi connectivity index (χ1n) is 8.20. The maximum Gasteiger partial charge on any atom is 0.0246 e. The van der Waals surface area contributed by atoms with E-state index in [4.69, 9.17) is 0 Å². The molecule has 0 bridgehead atoms. The molecule has 0 radical (unpaired) electrons. The molecule has 2 heterocycles. The van der Waals surface area contributed by atoms with Crippen molar-refractivity contribution in [1.29, 1.82) is 0 Å². The van der Waals surface area contributed by atoms with Crippen LogP contribution in [0.4, 0.5) is 0 Å². The van der Waals surface area contributed by atoms with Crippen LogP contribution in [0.1, 0.15) is 39.5 Å². The third-order valence-electron chi connectivity index (χ3n) is 4.91. The molecule has 3 nitrogen and oxygen atoms in total. The zero-order valence-electron chi connectivity index (χ0n) is 13.4. The largest absolute Gasteiger partial charge is 0.309 e. The predicted octanol–water partition coefficient (Wildman–Crippen LogP) is 2.13. The Kier molecular flexibility index (Phi) is 5.67. The minimum Gasteiger partial charge on any atom is -0.309 e. The molecule has 0 saturated carbocycles. The monoisotopic (exact) mass is 267 g/mol. The molecule has 0 spiro atoms. The molecule has 0 aliphatic carbocycles. The van der Waals surface area contributed by atoms with E-state index in [9.17, 15) is 0 Å². The first kappa shape index (κ1) is 15.3. The van der Waals surface area contributed by atoms with Crippen molar-refractivity contribution in [2.45, 2.75) is 51.6 Å². The summed E-state index contributed by atoms with van der Waals surface area (Å²) in [7, 11) is 4.36. The molecular weight excluding hydrogens is 234 g/mol. The third-order valence-corrected chi connectivity index (χ3v) is 4.91. The highest BCUT2D eigenvalue weighted by atomic mass is 15.3. The first-order valence-corrected chi connectivity index (χ1v) is 8.20. The maximum atomic E-state index is 2.79. The van der Waals surface area contributed by atoms with Gasteiger partial charge in [0.05, 0.1) is 0 Å². The van der Waals surface area contributed by atoms with Gasteiger partial charge in [-0.1, -0.05) is 20.3 Å². The van der Waals surface area contributed by atoms with E-state index < -0.39 is 0 Å². The Bertz CT molecular complexity index is 265. The number of hydrogen-bond acceptors (Lipinski definition) is 3. The Hall–Kier alpha value is -0.120. The Balaban J connectivity index is 1.90. The van der Waals surface area contributed by atoms with Crippen molar-refractivity contribution in [2.24, 2.45) is 5.92 Å². The lowest BCUT2D eigenvalue weighted by Crippen LogP contribution is -2.61. The van der Waals surface area contributed by atoms with Crippen LogP contribution in [0.2, 0.25) is 0 Å². The van der Waals surface area contributed by atoms with Gasteiger partial charge in [0.2, 0.25) is 0 Å². The van der Waals surface area contributed by atoms with Crippen LogP contribution in [0, 0.1) is 5.92 Å². The van der Waals surface area contributed by atoms with Gasteiger partial charge < -0.3 is 4.90 Å². The summed E-state index contributed by atoms with van der Waals surface area (Å²) >= 11 is 0. The lowest BCUT2D eigenvalue weighted by Gasteiger charge is -2.50. The molecule has 0 N–H and O–H groups in total. The summed E-state index contributed by atoms with van der Waals surface area (Å²) in [6.45, 7) is 11.3. The molecular formula is C16H33N3. The standard InChI is InChI=1S/C16H33N3/c1-14(2)16-13-18-10-6-5-8-15(18)12-19(16)11-7-9-17(3)4/h14-16H,5-13H2,1-4H3. The SMILES string of the molecule is CC(C)C1CN2CCCCC2CN1CCCN(C)C. The van der Waals surface area contributed by atoms with Crippen LogP contribution in [0.25, 0.3) is 0 Å². The predicted molar refractivity (Wildman–Crippen MR) is 82.6 cm³/mol. The number of hydrogen-bond donors (Lipinski definition) is 0. The van der Waals surface area contributed by atoms with E-state index >= 15 is 0 Å². The summed E-state index contributed by atoms with van der Waals surface area (Å²) < 4.78 is 0. The van der Waals surface area contributed by atoms with Crippen molar-refractivity contribution >= 4 is 0 Å². The average molecular weight is 267 g/mol. The van der Waals surface area contributed by atoms with E-state index in [2.05, 4.69) is 42.6 Å². The average Bonchev–Trinajstić information content (AvgIpc) is 2.37. The fourth-order valence-electron chi connectivity index (χ4n) is 3.75. The Morgan fingerprint density at radius 1 is 1.16 bits per heavy atom. The van der Waals surface area contributed by atoms with Gasteiger partial charge in [-0.25, -0.2) is 0 Å². The second kappa shape index (κ2) is 7.05. The summed E-state index contributed by atoms with van der Waals surface area (Å²) in [5.74, 6) is 0.780. The summed E-state index contributed by atoms with van der Waals surface area (Å²) in [6, 6.07) is 1.62. The van der Waals surface area contributed by atoms with Crippen LogP contribution in [0.5, 0.6) is 0 Å². The molecule has 19 heavy (non-hydrogen) atoms. The minimum absolute atomic E-state index is 0.775. The fraction of sp³-hybridized carbons (Fsp3) is 1.00. The number of fused-ring (bicyclic) bond motifs is 1. The minimum atomic E-state index is 0.775. The summed E-state index contributed by atoms with van der Waals surface area (Å²) in [5.41, 5.74) is 0. The quantitative estimate of drug-likeness (QED) is 0.755. The number of nitrogens with zero attached hydrogens (tertiary/aromatic N) is 3. The van der Waals surface area contributed by atoms with Crippen molar-refractivity contribution in [3.8, 4) is 0 Å². The van der Waals surface area contributed by atoms with E-state index in [1.807, 2.05) is 0 Å². The zero-order valence-corrected chi connectivity index (χ0v) is 13.4. The van der Waals surface area contributed by atoms with Gasteiger partial charge in [0.1, 0.15) is 0 Å². The lowest BCUT2D eigenvalue weighted by molar-refractivity contribution is -0.00843. The number of piperidine rings is 1. The van der Waals surface area contributed by atoms with Crippen molar-refractivity contribution in [3.63, 3.8) is 0 Å². The normalized spacial score (nSPS) is 30.0. The topological polar surface area (TPSA) is 9.72 Å². The van der Waals surface area contributed by atoms with Crippen molar-refractivity contribution < 1.29 is 0 Å². The van der Waals surface area contributed by atoms with E-state index in [1.165, 1.54) is 58.4 Å². The molecule has 2 rings (SSSR count). The van der Waals surface area contributed by atoms with Gasteiger partial charge in [0, 0.05) is 25.2 Å². The summed E-state index contributed by atoms with van der Waals surface area (Å²) in [4.78, 5) is 7.87. The van der Waals surface area contributed by atoms with Crippen LogP contribution >= 0.6 is 0 Å². The third kappa shape index (κ3) is 4.17. The molecule has 2 aliphatic heterocycles. The van der Waals surface area contributed by atoms with Gasteiger partial charge in [0.25, 0.3) is 0 Å². The van der Waals surface area contributed by atoms with Crippen molar-refractivity contribution in [2.75, 3.05) is 46.8 Å². The highest BCUT2D eigenvalue weighted by molar-refractivity contribution is 4.91. The molecule has 2 aliphatic rings. The molecule has 2 fully saturated rings. The molecule has 3 heteroatoms. The number of rotatable bonds is 5. The molecule has 0 aromatic heterocycles. The molecule has 0 aromatic carbocycles. The molecule has 0 aromatic rings. The van der Waals surface area contributed by atoms with Crippen molar-refractivity contribution in [1.82, 2.24) is 14.7 Å². The number of piperazine rings is 1. The molecule has 0 amide bonds. The van der Waals surface area contributed by atoms with Crippen LogP contribution in [0.3, 0.4) is 0 Å². The molecule has 2 atom stereocenters. The molecule has 112 valence electrons. The highest BCUT2D eigenvalue weighted by Crippen LogP contribution is 2.27. The molecule has 2 saturated heterocycles. The first-order chi connectivity index (χ1) is 9.08. The van der Waals surface area contributed by atoms with E-state index in [0.717, 1.165) is 18.0 Å². The maximum absolute atomic E-state index is 2.79. The van der Waals surface area contributed by atoms with Crippen LogP contribution in [-0.4, -0.2) is 73.6 Å². The van der Waals surface area contributed by atoms with E-state index in [-0.39, 0.29) is 0 Å². The Morgan fingerprint density at radius 3 is 2.63 bits per heavy atom. The van der Waals surface area contributed by atoms with Gasteiger partial charge >= 0.3 is 0 Å². The van der Waals surface area contributed by atoms with Crippen LogP contribution < -0.4 is 0 Å². The summed E-state index contributed by atoms with van der Waals surface area (Å²) in [6.07, 6.45) is 5.60. The summed E-state index contributed by atoms with van der Waals surface area (Å²) in [5, 5.41) is 0. The fourth-order valence-corrected chi connectivity index (χ4v) is 3.75. The van der Waals surface area contributed by atoms with E-state index in [1.54, 1.807) is 0 Å². The van der Waals surface area contributed by atoms with E-state index in [0.29, 0.717) is 0 Å². The van der Waals surface area contributed by atoms with Crippen molar-refractivity contribution in [3.05, 3.63) is 0 Å². The Labute approximate surface area is 119 Å². The van der Waals surface area contributed by atoms with Gasteiger partial charge in [-0.2, -0.15) is 0 Å². The smallest absolute Gasteiger partial charge is 0.0246 e. The van der Waals surface area contributed by atoms with Crippen LogP contribution in [0.15, 0.2) is 0 Å². The molecule has 2 unspecified atom stereocenters. The zero-order chi connectivity index (χ0) is 13.8. The second-order valence-electron chi connectivity index (χ2n) is 7.11. The van der Waals surface area contributed by atoms with Crippen LogP contribution in [-0.2, 0) is 0 Å². The van der Waals surface area contributed by atoms with Gasteiger partial charge in [-0.15, -0.1) is 0 Å². The van der Waals surface area contributed by atoms with Gasteiger partial charge in [0.15, 0.2) is 0 Å². The second-order valence-corrected chi connectivity index (χ2v) is 7.11. The highest BCUT2D eigenvalue weighted by Gasteiger charge is 2.35. The lowest BCUT2D eigenvalue weighted by atomic mass is 9.92. The van der Waals surface area contributed by atoms with Gasteiger partial charge in [-0.05, 0) is 58.9 Å². The Morgan fingerprint density at radius 2 is 1.95 bits per heavy atom. The van der Waals surface area contributed by atoms with Gasteiger partial charge in [-0.3, -0.25) is 9.80 Å².